The number of nitrogens with zero attached hydrogens (tertiary/aromatic N) is 2. The zero-order valence-corrected chi connectivity index (χ0v) is 24.0. The molecular formula is C31H39N3O7. The number of ketones is 2. The summed E-state index contributed by atoms with van der Waals surface area (Å²) in [6, 6.07) is 1.78. The molecule has 10 nitrogen and oxygen atoms in total. The Morgan fingerprint density at radius 1 is 1.17 bits per heavy atom. The summed E-state index contributed by atoms with van der Waals surface area (Å²) in [5.41, 5.74) is 4.71. The van der Waals surface area contributed by atoms with E-state index in [4.69, 9.17) is 5.73 Å². The molecule has 10 heteroatoms. The molecule has 6 rings (SSSR count). The van der Waals surface area contributed by atoms with Crippen molar-refractivity contribution in [1.82, 2.24) is 4.90 Å². The van der Waals surface area contributed by atoms with Gasteiger partial charge in [-0.3, -0.25) is 19.3 Å². The van der Waals surface area contributed by atoms with E-state index in [0.717, 1.165) is 30.8 Å². The topological polar surface area (TPSA) is 165 Å². The zero-order chi connectivity index (χ0) is 29.7. The van der Waals surface area contributed by atoms with Crippen LogP contribution in [-0.2, 0) is 16.0 Å². The third-order valence-corrected chi connectivity index (χ3v) is 10.8. The second-order valence-corrected chi connectivity index (χ2v) is 12.7. The van der Waals surface area contributed by atoms with Crippen LogP contribution in [0.3, 0.4) is 0 Å². The van der Waals surface area contributed by atoms with Crippen LogP contribution in [0.5, 0.6) is 5.75 Å². The minimum atomic E-state index is -2.59. The van der Waals surface area contributed by atoms with Gasteiger partial charge in [-0.05, 0) is 67.8 Å². The van der Waals surface area contributed by atoms with E-state index in [2.05, 4.69) is 16.8 Å². The lowest BCUT2D eigenvalue weighted by molar-refractivity contribution is -0.150. The Hall–Kier alpha value is -3.37. The lowest BCUT2D eigenvalue weighted by atomic mass is 9.55. The van der Waals surface area contributed by atoms with Crippen LogP contribution in [0.25, 0.3) is 0 Å². The first kappa shape index (κ1) is 27.8. The van der Waals surface area contributed by atoms with Gasteiger partial charge in [-0.2, -0.15) is 0 Å². The maximum Gasteiger partial charge on any atom is 0.255 e. The molecular weight excluding hydrogens is 526 g/mol. The standard InChI is InChI=1S/C31H39N3O7/c1-5-13(6-2)20-18-10-15-9-16-22(19(35)11-17-24-14(7-8-33(24)3)12-34(4)25(16)17)27(37)21(15)28(38)31(18,41)29(39)23(26(20)36)30(32)40/h11,13-15,18,20,24,35-36,38,41H,5-10,12H2,1-4H3,(H2,32,40)/t14?,15-,18-,20-,24?,31-/m0/s1. The molecule has 1 saturated heterocycles. The van der Waals surface area contributed by atoms with E-state index in [1.165, 1.54) is 0 Å². The fourth-order valence-corrected chi connectivity index (χ4v) is 8.98. The largest absolute Gasteiger partial charge is 0.511 e. The van der Waals surface area contributed by atoms with Crippen molar-refractivity contribution in [3.05, 3.63) is 45.4 Å². The molecule has 0 radical (unpaired) electrons. The molecule has 220 valence electrons. The number of benzene rings is 1. The van der Waals surface area contributed by atoms with E-state index in [-0.39, 0.29) is 35.3 Å². The van der Waals surface area contributed by atoms with Crippen molar-refractivity contribution in [2.24, 2.45) is 35.3 Å². The van der Waals surface area contributed by atoms with Crippen LogP contribution in [0.2, 0.25) is 0 Å². The lowest BCUT2D eigenvalue weighted by Crippen LogP contribution is -2.61. The summed E-state index contributed by atoms with van der Waals surface area (Å²) in [5, 5.41) is 46.1. The number of hydrogen-bond donors (Lipinski definition) is 5. The highest BCUT2D eigenvalue weighted by atomic mass is 16.3. The molecule has 0 aromatic heterocycles. The van der Waals surface area contributed by atoms with Gasteiger partial charge in [-0.25, -0.2) is 0 Å². The van der Waals surface area contributed by atoms with Crippen LogP contribution in [0.15, 0.2) is 28.7 Å². The predicted molar refractivity (Wildman–Crippen MR) is 151 cm³/mol. The molecule has 1 fully saturated rings. The lowest BCUT2D eigenvalue weighted by Gasteiger charge is -2.50. The first-order chi connectivity index (χ1) is 19.4. The van der Waals surface area contributed by atoms with Gasteiger partial charge in [0.2, 0.25) is 5.78 Å². The number of likely N-dealkylation sites (tertiary alicyclic amines) is 1. The molecule has 2 unspecified atom stereocenters. The Bertz CT molecular complexity index is 1440. The highest BCUT2D eigenvalue weighted by molar-refractivity contribution is 6.24. The van der Waals surface area contributed by atoms with Crippen LogP contribution in [0, 0.1) is 29.6 Å². The van der Waals surface area contributed by atoms with Crippen LogP contribution in [0.4, 0.5) is 5.69 Å². The summed E-state index contributed by atoms with van der Waals surface area (Å²) in [6.07, 6.45) is 2.66. The number of primary amides is 1. The van der Waals surface area contributed by atoms with E-state index in [0.29, 0.717) is 30.7 Å². The van der Waals surface area contributed by atoms with Crippen molar-refractivity contribution < 1.29 is 34.8 Å². The minimum absolute atomic E-state index is 0.0721. The average molecular weight is 566 g/mol. The molecule has 6 atom stereocenters. The van der Waals surface area contributed by atoms with Gasteiger partial charge in [-0.1, -0.05) is 26.7 Å². The van der Waals surface area contributed by atoms with E-state index in [9.17, 15) is 34.8 Å². The van der Waals surface area contributed by atoms with Crippen molar-refractivity contribution in [2.75, 3.05) is 32.1 Å². The van der Waals surface area contributed by atoms with Gasteiger partial charge in [-0.15, -0.1) is 0 Å². The quantitative estimate of drug-likeness (QED) is 0.345. The first-order valence-electron chi connectivity index (χ1n) is 14.7. The number of aliphatic hydroxyl groups is 3. The highest BCUT2D eigenvalue weighted by Crippen LogP contribution is 2.57. The molecule has 3 aliphatic carbocycles. The van der Waals surface area contributed by atoms with E-state index >= 15 is 0 Å². The zero-order valence-electron chi connectivity index (χ0n) is 24.0. The molecule has 1 amide bonds. The van der Waals surface area contributed by atoms with Gasteiger partial charge in [0.25, 0.3) is 5.91 Å². The number of anilines is 1. The number of aliphatic hydroxyl groups excluding tert-OH is 2. The van der Waals surface area contributed by atoms with Gasteiger partial charge in [0, 0.05) is 42.7 Å². The SMILES string of the molecule is CCC(CC)[C@@H]1C(O)=C(C(N)=O)C(=O)[C@@]2(O)C(O)=C3C(=O)c4c(O)cc5c(c4C[C@H]3C[C@@H]12)N(C)CC1CCN(C)C51. The molecule has 6 N–H and O–H groups in total. The minimum Gasteiger partial charge on any atom is -0.511 e. The number of allylic oxidation sites excluding steroid dienone is 2. The number of rotatable bonds is 4. The molecule has 2 aliphatic heterocycles. The van der Waals surface area contributed by atoms with Crippen LogP contribution in [0.1, 0.15) is 67.1 Å². The van der Waals surface area contributed by atoms with Crippen molar-refractivity contribution in [3.63, 3.8) is 0 Å². The second kappa shape index (κ2) is 9.32. The van der Waals surface area contributed by atoms with Gasteiger partial charge in [0.15, 0.2) is 11.4 Å². The van der Waals surface area contributed by atoms with Gasteiger partial charge >= 0.3 is 0 Å². The summed E-state index contributed by atoms with van der Waals surface area (Å²) in [7, 11) is 4.06. The average Bonchev–Trinajstić information content (AvgIpc) is 3.28. The number of hydrogen-bond acceptors (Lipinski definition) is 9. The first-order valence-corrected chi connectivity index (χ1v) is 14.7. The fourth-order valence-electron chi connectivity index (χ4n) is 8.98. The van der Waals surface area contributed by atoms with Gasteiger partial charge < -0.3 is 31.1 Å². The van der Waals surface area contributed by atoms with Crippen LogP contribution < -0.4 is 10.6 Å². The number of aromatic hydroxyl groups is 1. The number of nitrogens with two attached hydrogens (primary N) is 1. The maximum absolute atomic E-state index is 14.1. The fraction of sp³-hybridized carbons (Fsp3) is 0.581. The molecule has 1 aromatic carbocycles. The third kappa shape index (κ3) is 3.53. The molecule has 0 saturated carbocycles. The highest BCUT2D eigenvalue weighted by Gasteiger charge is 2.63. The normalized spacial score (nSPS) is 33.0. The predicted octanol–water partition coefficient (Wildman–Crippen LogP) is 2.69. The molecule has 1 aromatic rings. The Morgan fingerprint density at radius 2 is 1.85 bits per heavy atom. The van der Waals surface area contributed by atoms with E-state index in [1.54, 1.807) is 6.07 Å². The number of phenolic OH excluding ortho intramolecular Hbond substituents is 1. The van der Waals surface area contributed by atoms with E-state index < -0.39 is 57.9 Å². The maximum atomic E-state index is 14.1. The van der Waals surface area contributed by atoms with Crippen molar-refractivity contribution in [1.29, 1.82) is 0 Å². The van der Waals surface area contributed by atoms with Crippen molar-refractivity contribution in [3.8, 4) is 5.75 Å². The smallest absolute Gasteiger partial charge is 0.255 e. The van der Waals surface area contributed by atoms with Gasteiger partial charge in [0.05, 0.1) is 5.56 Å². The number of carbonyl (C=O) groups excluding carboxylic acids is 3. The summed E-state index contributed by atoms with van der Waals surface area (Å²) in [6.45, 7) is 5.60. The number of phenols is 1. The number of amides is 1. The third-order valence-electron chi connectivity index (χ3n) is 10.8. The summed E-state index contributed by atoms with van der Waals surface area (Å²) in [4.78, 5) is 44.5. The van der Waals surface area contributed by atoms with Crippen molar-refractivity contribution >= 4 is 23.2 Å². The molecule has 0 bridgehead atoms. The Labute approximate surface area is 239 Å². The summed E-state index contributed by atoms with van der Waals surface area (Å²) >= 11 is 0. The van der Waals surface area contributed by atoms with Crippen LogP contribution >= 0.6 is 0 Å². The molecule has 2 heterocycles. The number of fused-ring (bicyclic) bond motifs is 7. The molecule has 41 heavy (non-hydrogen) atoms. The van der Waals surface area contributed by atoms with E-state index in [1.807, 2.05) is 20.9 Å². The van der Waals surface area contributed by atoms with Crippen LogP contribution in [-0.4, -0.2) is 75.6 Å². The second-order valence-electron chi connectivity index (χ2n) is 12.7. The number of carbonyl (C=O) groups is 3. The Morgan fingerprint density at radius 3 is 2.49 bits per heavy atom. The monoisotopic (exact) mass is 565 g/mol. The Balaban J connectivity index is 1.55. The van der Waals surface area contributed by atoms with Crippen molar-refractivity contribution in [2.45, 2.75) is 57.6 Å². The summed E-state index contributed by atoms with van der Waals surface area (Å²) < 4.78 is 0. The molecule has 5 aliphatic rings. The number of Topliss-reactive ketones (excluding diaryl/α,β-unsaturated/α-hetero) is 2. The summed E-state index contributed by atoms with van der Waals surface area (Å²) in [5.74, 6) is -6.63. The molecule has 0 spiro atoms. The van der Waals surface area contributed by atoms with Gasteiger partial charge in [0.1, 0.15) is 22.8 Å². The Kier molecular flexibility index (Phi) is 6.32.